The molecular formula is C30H38N4O5S. The number of amides is 2. The van der Waals surface area contributed by atoms with Gasteiger partial charge < -0.3 is 20.1 Å². The van der Waals surface area contributed by atoms with Crippen molar-refractivity contribution in [2.45, 2.75) is 45.2 Å². The number of anilines is 2. The van der Waals surface area contributed by atoms with Gasteiger partial charge >= 0.3 is 6.03 Å². The quantitative estimate of drug-likeness (QED) is 0.268. The second-order valence-corrected chi connectivity index (χ2v) is 11.9. The number of carbonyl (C=O) groups is 1. The number of piperidine rings is 1. The fourth-order valence-electron chi connectivity index (χ4n) is 4.81. The molecule has 3 N–H and O–H groups in total. The lowest BCUT2D eigenvalue weighted by Gasteiger charge is -2.38. The van der Waals surface area contributed by atoms with E-state index in [-0.39, 0.29) is 17.8 Å². The number of hydrogen-bond donors (Lipinski definition) is 3. The Morgan fingerprint density at radius 2 is 1.65 bits per heavy atom. The van der Waals surface area contributed by atoms with Gasteiger partial charge in [-0.1, -0.05) is 31.5 Å². The van der Waals surface area contributed by atoms with Crippen molar-refractivity contribution < 1.29 is 23.1 Å². The van der Waals surface area contributed by atoms with Crippen molar-refractivity contribution in [2.75, 3.05) is 35.9 Å². The van der Waals surface area contributed by atoms with Gasteiger partial charge in [0.1, 0.15) is 17.2 Å². The minimum atomic E-state index is -3.32. The summed E-state index contributed by atoms with van der Waals surface area (Å²) in [5.74, 6) is 1.45. The average molecular weight is 567 g/mol. The normalized spacial score (nSPS) is 14.4. The van der Waals surface area contributed by atoms with Crippen LogP contribution < -0.4 is 14.8 Å². The highest BCUT2D eigenvalue weighted by Gasteiger charge is 2.28. The molecule has 1 fully saturated rings. The first-order valence-electron chi connectivity index (χ1n) is 13.6. The standard InChI is InChI=1S/C30H38N4O5S/c1-3-4-18-34(30(36)31-25-6-5-7-27(35)21-25)26-16-19-33(20-17-26)22-23-8-12-28(13-9-23)39-29-14-10-24(11-15-29)32-40(2,37)38/h5-15,21,26,32,35H,3-4,16-20,22H2,1-2H3,(H,31,36). The highest BCUT2D eigenvalue weighted by atomic mass is 32.2. The van der Waals surface area contributed by atoms with Crippen LogP contribution in [-0.2, 0) is 16.6 Å². The Morgan fingerprint density at radius 1 is 1.00 bits per heavy atom. The Bertz CT molecular complexity index is 1360. The number of likely N-dealkylation sites (tertiary alicyclic amines) is 1. The number of rotatable bonds is 11. The summed E-state index contributed by atoms with van der Waals surface area (Å²) in [6.45, 7) is 5.46. The van der Waals surface area contributed by atoms with E-state index in [2.05, 4.69) is 34.0 Å². The maximum Gasteiger partial charge on any atom is 0.322 e. The summed E-state index contributed by atoms with van der Waals surface area (Å²) in [6, 6.07) is 21.4. The number of urea groups is 1. The Balaban J connectivity index is 1.27. The molecule has 4 rings (SSSR count). The van der Waals surface area contributed by atoms with E-state index in [9.17, 15) is 18.3 Å². The van der Waals surface area contributed by atoms with Crippen molar-refractivity contribution in [2.24, 2.45) is 0 Å². The summed E-state index contributed by atoms with van der Waals surface area (Å²) in [5.41, 5.74) is 2.26. The minimum Gasteiger partial charge on any atom is -0.508 e. The fourth-order valence-corrected chi connectivity index (χ4v) is 5.37. The smallest absolute Gasteiger partial charge is 0.322 e. The van der Waals surface area contributed by atoms with Gasteiger partial charge in [-0.25, -0.2) is 13.2 Å². The monoisotopic (exact) mass is 566 g/mol. The van der Waals surface area contributed by atoms with Crippen LogP contribution in [0.3, 0.4) is 0 Å². The van der Waals surface area contributed by atoms with E-state index >= 15 is 0 Å². The van der Waals surface area contributed by atoms with Gasteiger partial charge in [-0.3, -0.25) is 9.62 Å². The molecule has 1 aliphatic heterocycles. The van der Waals surface area contributed by atoms with Crippen LogP contribution in [0.2, 0.25) is 0 Å². The van der Waals surface area contributed by atoms with Gasteiger partial charge in [0.05, 0.1) is 6.26 Å². The maximum absolute atomic E-state index is 13.1. The average Bonchev–Trinajstić information content (AvgIpc) is 2.91. The number of benzene rings is 3. The fraction of sp³-hybridized carbons (Fsp3) is 0.367. The summed E-state index contributed by atoms with van der Waals surface area (Å²) >= 11 is 0. The van der Waals surface area contributed by atoms with Crippen molar-refractivity contribution in [3.63, 3.8) is 0 Å². The third kappa shape index (κ3) is 8.89. The molecule has 1 heterocycles. The van der Waals surface area contributed by atoms with Crippen molar-refractivity contribution >= 4 is 27.4 Å². The van der Waals surface area contributed by atoms with Crippen LogP contribution in [0.15, 0.2) is 72.8 Å². The van der Waals surface area contributed by atoms with Crippen molar-refractivity contribution in [1.29, 1.82) is 0 Å². The molecule has 0 unspecified atom stereocenters. The number of nitrogens with one attached hydrogen (secondary N) is 2. The van der Waals surface area contributed by atoms with Crippen molar-refractivity contribution in [3.8, 4) is 17.2 Å². The molecule has 10 heteroatoms. The summed E-state index contributed by atoms with van der Waals surface area (Å²) in [5, 5.41) is 12.7. The van der Waals surface area contributed by atoms with Crippen LogP contribution in [0.5, 0.6) is 17.2 Å². The summed E-state index contributed by atoms with van der Waals surface area (Å²) in [6.07, 6.45) is 4.89. The third-order valence-electron chi connectivity index (χ3n) is 6.83. The predicted octanol–water partition coefficient (Wildman–Crippen LogP) is 5.85. The van der Waals surface area contributed by atoms with E-state index in [4.69, 9.17) is 4.74 Å². The van der Waals surface area contributed by atoms with E-state index in [1.807, 2.05) is 17.0 Å². The molecule has 0 saturated carbocycles. The van der Waals surface area contributed by atoms with Gasteiger partial charge in [0.15, 0.2) is 0 Å². The molecule has 0 bridgehead atoms. The minimum absolute atomic E-state index is 0.116. The number of ether oxygens (including phenoxy) is 1. The number of aromatic hydroxyl groups is 1. The molecule has 0 radical (unpaired) electrons. The molecule has 40 heavy (non-hydrogen) atoms. The Hall–Kier alpha value is -3.76. The molecule has 0 aromatic heterocycles. The number of hydrogen-bond acceptors (Lipinski definition) is 6. The summed E-state index contributed by atoms with van der Waals surface area (Å²) < 4.78 is 31.1. The second kappa shape index (κ2) is 13.5. The summed E-state index contributed by atoms with van der Waals surface area (Å²) in [7, 11) is -3.32. The molecule has 3 aromatic rings. The highest BCUT2D eigenvalue weighted by Crippen LogP contribution is 2.25. The van der Waals surface area contributed by atoms with Gasteiger partial charge in [0.2, 0.25) is 10.0 Å². The molecule has 0 atom stereocenters. The SMILES string of the molecule is CCCCN(C(=O)Nc1cccc(O)c1)C1CCN(Cc2ccc(Oc3ccc(NS(C)(=O)=O)cc3)cc2)CC1. The number of nitrogens with zero attached hydrogens (tertiary/aromatic N) is 2. The number of phenolic OH excluding ortho intramolecular Hbond substituents is 1. The third-order valence-corrected chi connectivity index (χ3v) is 7.44. The van der Waals surface area contributed by atoms with Crippen LogP contribution in [0.4, 0.5) is 16.2 Å². The lowest BCUT2D eigenvalue weighted by molar-refractivity contribution is 0.122. The molecule has 1 saturated heterocycles. The zero-order chi connectivity index (χ0) is 28.5. The molecule has 0 spiro atoms. The van der Waals surface area contributed by atoms with E-state index in [1.165, 1.54) is 5.56 Å². The zero-order valence-electron chi connectivity index (χ0n) is 23.0. The summed E-state index contributed by atoms with van der Waals surface area (Å²) in [4.78, 5) is 17.5. The molecule has 3 aromatic carbocycles. The van der Waals surface area contributed by atoms with Gasteiger partial charge in [0, 0.05) is 49.7 Å². The molecule has 1 aliphatic rings. The molecule has 214 valence electrons. The lowest BCUT2D eigenvalue weighted by atomic mass is 10.0. The number of unbranched alkanes of at least 4 members (excludes halogenated alkanes) is 1. The van der Waals surface area contributed by atoms with Gasteiger partial charge in [0.25, 0.3) is 0 Å². The number of phenols is 1. The van der Waals surface area contributed by atoms with E-state index < -0.39 is 10.0 Å². The van der Waals surface area contributed by atoms with E-state index in [0.717, 1.165) is 51.6 Å². The Morgan fingerprint density at radius 3 is 2.25 bits per heavy atom. The number of carbonyl (C=O) groups excluding carboxylic acids is 1. The van der Waals surface area contributed by atoms with Crippen molar-refractivity contribution in [3.05, 3.63) is 78.4 Å². The van der Waals surface area contributed by atoms with Crippen LogP contribution in [0, 0.1) is 0 Å². The van der Waals surface area contributed by atoms with Gasteiger partial charge in [-0.05, 0) is 73.4 Å². The topological polar surface area (TPSA) is 111 Å². The van der Waals surface area contributed by atoms with Crippen LogP contribution in [0.25, 0.3) is 0 Å². The van der Waals surface area contributed by atoms with E-state index in [0.29, 0.717) is 29.4 Å². The van der Waals surface area contributed by atoms with Gasteiger partial charge in [-0.15, -0.1) is 0 Å². The maximum atomic E-state index is 13.1. The largest absolute Gasteiger partial charge is 0.508 e. The Kier molecular flexibility index (Phi) is 9.89. The molecule has 9 nitrogen and oxygen atoms in total. The lowest BCUT2D eigenvalue weighted by Crippen LogP contribution is -2.49. The van der Waals surface area contributed by atoms with Crippen LogP contribution in [-0.4, -0.2) is 61.3 Å². The number of sulfonamides is 1. The second-order valence-electron chi connectivity index (χ2n) is 10.2. The first-order valence-corrected chi connectivity index (χ1v) is 15.5. The van der Waals surface area contributed by atoms with Crippen molar-refractivity contribution in [1.82, 2.24) is 9.80 Å². The Labute approximate surface area is 236 Å². The van der Waals surface area contributed by atoms with Crippen LogP contribution in [0.1, 0.15) is 38.2 Å². The molecule has 0 aliphatic carbocycles. The first kappa shape index (κ1) is 29.2. The molecule has 2 amide bonds. The predicted molar refractivity (Wildman–Crippen MR) is 158 cm³/mol. The molecular weight excluding hydrogens is 528 g/mol. The first-order chi connectivity index (χ1) is 19.2. The van der Waals surface area contributed by atoms with E-state index in [1.54, 1.807) is 48.5 Å². The zero-order valence-corrected chi connectivity index (χ0v) is 23.9. The van der Waals surface area contributed by atoms with Crippen LogP contribution >= 0.6 is 0 Å². The van der Waals surface area contributed by atoms with Gasteiger partial charge in [-0.2, -0.15) is 0 Å². The highest BCUT2D eigenvalue weighted by molar-refractivity contribution is 7.92.